The van der Waals surface area contributed by atoms with Crippen LogP contribution in [-0.4, -0.2) is 21.9 Å². The van der Waals surface area contributed by atoms with Crippen LogP contribution in [0.3, 0.4) is 0 Å². The molecular weight excluding hydrogens is 174 g/mol. The molecule has 0 aliphatic carbocycles. The van der Waals surface area contributed by atoms with E-state index < -0.39 is 0 Å². The second kappa shape index (κ2) is 4.60. The lowest BCUT2D eigenvalue weighted by molar-refractivity contribution is 0.422. The molecule has 3 heteroatoms. The Balaban J connectivity index is 2.16. The van der Waals surface area contributed by atoms with Gasteiger partial charge in [-0.25, -0.2) is 0 Å². The molecule has 1 aromatic heterocycles. The molecule has 14 heavy (non-hydrogen) atoms. The van der Waals surface area contributed by atoms with Crippen molar-refractivity contribution in [3.63, 3.8) is 0 Å². The molecule has 0 fully saturated rings. The lowest BCUT2D eigenvalue weighted by Gasteiger charge is -2.20. The SMILES string of the molecule is Cn1cc(CCCNC(C)(C)C)cn1. The lowest BCUT2D eigenvalue weighted by atomic mass is 10.1. The summed E-state index contributed by atoms with van der Waals surface area (Å²) >= 11 is 0. The highest BCUT2D eigenvalue weighted by molar-refractivity contribution is 5.03. The molecule has 0 unspecified atom stereocenters. The molecule has 1 heterocycles. The van der Waals surface area contributed by atoms with Gasteiger partial charge in [-0.05, 0) is 45.7 Å². The summed E-state index contributed by atoms with van der Waals surface area (Å²) in [6.07, 6.45) is 6.30. The minimum absolute atomic E-state index is 0.231. The van der Waals surface area contributed by atoms with E-state index in [2.05, 4.69) is 37.4 Å². The number of rotatable bonds is 4. The van der Waals surface area contributed by atoms with E-state index in [1.807, 2.05) is 17.9 Å². The highest BCUT2D eigenvalue weighted by atomic mass is 15.2. The van der Waals surface area contributed by atoms with Crippen molar-refractivity contribution in [1.29, 1.82) is 0 Å². The lowest BCUT2D eigenvalue weighted by Crippen LogP contribution is -2.36. The third-order valence-corrected chi connectivity index (χ3v) is 2.06. The number of hydrogen-bond acceptors (Lipinski definition) is 2. The van der Waals surface area contributed by atoms with Crippen LogP contribution >= 0.6 is 0 Å². The smallest absolute Gasteiger partial charge is 0.0521 e. The van der Waals surface area contributed by atoms with Crippen molar-refractivity contribution in [2.75, 3.05) is 6.54 Å². The van der Waals surface area contributed by atoms with Gasteiger partial charge >= 0.3 is 0 Å². The summed E-state index contributed by atoms with van der Waals surface area (Å²) in [4.78, 5) is 0. The number of hydrogen-bond donors (Lipinski definition) is 1. The molecular formula is C11H21N3. The summed E-state index contributed by atoms with van der Waals surface area (Å²) < 4.78 is 1.85. The first kappa shape index (κ1) is 11.2. The molecule has 0 atom stereocenters. The van der Waals surface area contributed by atoms with Crippen LogP contribution < -0.4 is 5.32 Å². The van der Waals surface area contributed by atoms with Gasteiger partial charge in [0.2, 0.25) is 0 Å². The van der Waals surface area contributed by atoms with Crippen molar-refractivity contribution in [1.82, 2.24) is 15.1 Å². The number of nitrogens with zero attached hydrogens (tertiary/aromatic N) is 2. The van der Waals surface area contributed by atoms with Crippen LogP contribution in [0.4, 0.5) is 0 Å². The van der Waals surface area contributed by atoms with Gasteiger partial charge in [-0.15, -0.1) is 0 Å². The van der Waals surface area contributed by atoms with E-state index in [0.29, 0.717) is 0 Å². The van der Waals surface area contributed by atoms with E-state index >= 15 is 0 Å². The van der Waals surface area contributed by atoms with Gasteiger partial charge in [0.05, 0.1) is 6.20 Å². The van der Waals surface area contributed by atoms with Crippen molar-refractivity contribution in [3.05, 3.63) is 18.0 Å². The number of nitrogens with one attached hydrogen (secondary N) is 1. The summed E-state index contributed by atoms with van der Waals surface area (Å²) in [5.74, 6) is 0. The van der Waals surface area contributed by atoms with Crippen LogP contribution in [0.15, 0.2) is 12.4 Å². The average molecular weight is 195 g/mol. The van der Waals surface area contributed by atoms with Gasteiger partial charge in [0.25, 0.3) is 0 Å². The minimum Gasteiger partial charge on any atom is -0.312 e. The standard InChI is InChI=1S/C11H21N3/c1-11(2,3)12-7-5-6-10-8-13-14(4)9-10/h8-9,12H,5-7H2,1-4H3. The second-order valence-electron chi connectivity index (χ2n) is 4.80. The van der Waals surface area contributed by atoms with Gasteiger partial charge in [-0.2, -0.15) is 5.10 Å². The quantitative estimate of drug-likeness (QED) is 0.742. The molecule has 80 valence electrons. The normalized spacial score (nSPS) is 12.0. The summed E-state index contributed by atoms with van der Waals surface area (Å²) in [6.45, 7) is 7.64. The van der Waals surface area contributed by atoms with Crippen LogP contribution in [0.2, 0.25) is 0 Å². The van der Waals surface area contributed by atoms with Crippen molar-refractivity contribution in [2.45, 2.75) is 39.2 Å². The first-order valence-corrected chi connectivity index (χ1v) is 5.20. The topological polar surface area (TPSA) is 29.9 Å². The first-order chi connectivity index (χ1) is 6.47. The second-order valence-corrected chi connectivity index (χ2v) is 4.80. The fourth-order valence-electron chi connectivity index (χ4n) is 1.36. The maximum absolute atomic E-state index is 4.14. The molecule has 0 aromatic carbocycles. The monoisotopic (exact) mass is 195 g/mol. The fraction of sp³-hybridized carbons (Fsp3) is 0.727. The predicted molar refractivity (Wildman–Crippen MR) is 59.3 cm³/mol. The maximum Gasteiger partial charge on any atom is 0.0521 e. The Hall–Kier alpha value is -0.830. The molecule has 0 radical (unpaired) electrons. The zero-order chi connectivity index (χ0) is 10.6. The fourth-order valence-corrected chi connectivity index (χ4v) is 1.36. The summed E-state index contributed by atoms with van der Waals surface area (Å²) in [6, 6.07) is 0. The zero-order valence-corrected chi connectivity index (χ0v) is 9.67. The molecule has 1 aromatic rings. The van der Waals surface area contributed by atoms with Crippen molar-refractivity contribution in [3.8, 4) is 0 Å². The van der Waals surface area contributed by atoms with Crippen molar-refractivity contribution >= 4 is 0 Å². The molecule has 3 nitrogen and oxygen atoms in total. The molecule has 1 N–H and O–H groups in total. The molecule has 0 saturated heterocycles. The van der Waals surface area contributed by atoms with Gasteiger partial charge in [0.1, 0.15) is 0 Å². The summed E-state index contributed by atoms with van der Waals surface area (Å²) in [7, 11) is 1.96. The summed E-state index contributed by atoms with van der Waals surface area (Å²) in [5.41, 5.74) is 1.55. The van der Waals surface area contributed by atoms with Crippen molar-refractivity contribution in [2.24, 2.45) is 7.05 Å². The highest BCUT2D eigenvalue weighted by Crippen LogP contribution is 2.02. The van der Waals surface area contributed by atoms with Gasteiger partial charge in [-0.3, -0.25) is 4.68 Å². The van der Waals surface area contributed by atoms with Crippen LogP contribution in [0.25, 0.3) is 0 Å². The van der Waals surface area contributed by atoms with Crippen LogP contribution in [0.1, 0.15) is 32.8 Å². The van der Waals surface area contributed by atoms with E-state index in [4.69, 9.17) is 0 Å². The largest absolute Gasteiger partial charge is 0.312 e. The van der Waals surface area contributed by atoms with Gasteiger partial charge < -0.3 is 5.32 Å². The number of aromatic nitrogens is 2. The third-order valence-electron chi connectivity index (χ3n) is 2.06. The highest BCUT2D eigenvalue weighted by Gasteiger charge is 2.07. The molecule has 0 aliphatic heterocycles. The van der Waals surface area contributed by atoms with Gasteiger partial charge in [0, 0.05) is 18.8 Å². The minimum atomic E-state index is 0.231. The van der Waals surface area contributed by atoms with Gasteiger partial charge in [-0.1, -0.05) is 0 Å². The Bertz CT molecular complexity index is 270. The van der Waals surface area contributed by atoms with Crippen LogP contribution in [-0.2, 0) is 13.5 Å². The Morgan fingerprint density at radius 3 is 2.64 bits per heavy atom. The number of aryl methyl sites for hydroxylation is 2. The average Bonchev–Trinajstić information content (AvgIpc) is 2.44. The van der Waals surface area contributed by atoms with E-state index in [0.717, 1.165) is 13.0 Å². The van der Waals surface area contributed by atoms with Crippen LogP contribution in [0.5, 0.6) is 0 Å². The van der Waals surface area contributed by atoms with E-state index in [-0.39, 0.29) is 5.54 Å². The first-order valence-electron chi connectivity index (χ1n) is 5.20. The van der Waals surface area contributed by atoms with E-state index in [1.54, 1.807) is 0 Å². The van der Waals surface area contributed by atoms with E-state index in [9.17, 15) is 0 Å². The maximum atomic E-state index is 4.14. The van der Waals surface area contributed by atoms with E-state index in [1.165, 1.54) is 12.0 Å². The van der Waals surface area contributed by atoms with Gasteiger partial charge in [0.15, 0.2) is 0 Å². The molecule has 0 aliphatic rings. The molecule has 0 bridgehead atoms. The molecule has 0 saturated carbocycles. The summed E-state index contributed by atoms with van der Waals surface area (Å²) in [5, 5.41) is 7.61. The molecule has 0 amide bonds. The third kappa shape index (κ3) is 4.42. The Morgan fingerprint density at radius 2 is 2.14 bits per heavy atom. The molecule has 1 rings (SSSR count). The Morgan fingerprint density at radius 1 is 1.43 bits per heavy atom. The Kier molecular flexibility index (Phi) is 3.69. The zero-order valence-electron chi connectivity index (χ0n) is 9.67. The Labute approximate surface area is 86.5 Å². The molecule has 0 spiro atoms. The van der Waals surface area contributed by atoms with Crippen LogP contribution in [0, 0.1) is 0 Å². The van der Waals surface area contributed by atoms with Crippen molar-refractivity contribution < 1.29 is 0 Å². The predicted octanol–water partition coefficient (Wildman–Crippen LogP) is 1.74.